The molecule has 2 aliphatic rings. The highest BCUT2D eigenvalue weighted by atomic mass is 35.5. The zero-order valence-corrected chi connectivity index (χ0v) is 25.6. The van der Waals surface area contributed by atoms with Crippen molar-refractivity contribution in [1.82, 2.24) is 24.7 Å². The van der Waals surface area contributed by atoms with Gasteiger partial charge in [-0.15, -0.1) is 0 Å². The summed E-state index contributed by atoms with van der Waals surface area (Å²) in [6.07, 6.45) is -2.94. The first kappa shape index (κ1) is 31.9. The summed E-state index contributed by atoms with van der Waals surface area (Å²) < 4.78 is 63.2. The Labute approximate surface area is 261 Å². The number of piperazine rings is 1. The van der Waals surface area contributed by atoms with Crippen LogP contribution in [0.5, 0.6) is 5.88 Å². The summed E-state index contributed by atoms with van der Waals surface area (Å²) in [6, 6.07) is 11.4. The molecule has 16 heteroatoms. The number of rotatable bonds is 6. The Kier molecular flexibility index (Phi) is 9.08. The summed E-state index contributed by atoms with van der Waals surface area (Å²) in [5.74, 6) is -2.65. The van der Waals surface area contributed by atoms with Gasteiger partial charge in [0, 0.05) is 55.2 Å². The van der Waals surface area contributed by atoms with Gasteiger partial charge in [-0.25, -0.2) is 18.2 Å². The van der Waals surface area contributed by atoms with Crippen LogP contribution in [0.15, 0.2) is 59.7 Å². The van der Waals surface area contributed by atoms with E-state index in [1.807, 2.05) is 4.90 Å². The molecule has 44 heavy (non-hydrogen) atoms. The number of hydrogen-bond donors (Lipinski definition) is 1. The number of carbonyl (C=O) groups is 1. The van der Waals surface area contributed by atoms with E-state index in [-0.39, 0.29) is 30.2 Å². The first-order chi connectivity index (χ1) is 20.7. The molecular formula is C28H27Cl2F3N6O4S. The lowest BCUT2D eigenvalue weighted by Gasteiger charge is -2.39. The highest BCUT2D eigenvalue weighted by Crippen LogP contribution is 2.45. The maximum atomic E-state index is 14.3. The lowest BCUT2D eigenvalue weighted by Crippen LogP contribution is -2.54. The van der Waals surface area contributed by atoms with Crippen molar-refractivity contribution in [2.24, 2.45) is 4.99 Å². The summed E-state index contributed by atoms with van der Waals surface area (Å²) in [5, 5.41) is 11.6. The molecule has 0 radical (unpaired) electrons. The topological polar surface area (TPSA) is 119 Å². The molecule has 5 rings (SSSR count). The fourth-order valence-electron chi connectivity index (χ4n) is 5.13. The van der Waals surface area contributed by atoms with Crippen LogP contribution in [0.2, 0.25) is 10.0 Å². The van der Waals surface area contributed by atoms with Gasteiger partial charge in [0.05, 0.1) is 17.4 Å². The fourth-order valence-corrected chi connectivity index (χ4v) is 5.97. The van der Waals surface area contributed by atoms with Gasteiger partial charge >= 0.3 is 12.2 Å². The van der Waals surface area contributed by atoms with Gasteiger partial charge < -0.3 is 10.0 Å². The number of aliphatic imine (C=N–C) groups is 1. The number of urea groups is 1. The number of sulfone groups is 1. The van der Waals surface area contributed by atoms with Crippen molar-refractivity contribution in [1.29, 1.82) is 0 Å². The van der Waals surface area contributed by atoms with Crippen molar-refractivity contribution >= 4 is 44.9 Å². The van der Waals surface area contributed by atoms with Crippen molar-refractivity contribution < 1.29 is 31.5 Å². The zero-order valence-electron chi connectivity index (χ0n) is 23.2. The molecule has 2 atom stereocenters. The summed E-state index contributed by atoms with van der Waals surface area (Å²) in [5.41, 5.74) is 1.02. The van der Waals surface area contributed by atoms with Crippen LogP contribution in [0, 0.1) is 0 Å². The number of alkyl halides is 3. The number of aromatic nitrogens is 2. The van der Waals surface area contributed by atoms with Gasteiger partial charge in [-0.2, -0.15) is 18.2 Å². The summed E-state index contributed by atoms with van der Waals surface area (Å²) in [4.78, 5) is 30.6. The number of nitrogens with zero attached hydrogens (tertiary/aromatic N) is 6. The van der Waals surface area contributed by atoms with Crippen LogP contribution >= 0.6 is 23.2 Å². The third kappa shape index (κ3) is 7.09. The molecule has 0 bridgehead atoms. The van der Waals surface area contributed by atoms with Gasteiger partial charge in [0.25, 0.3) is 0 Å². The van der Waals surface area contributed by atoms with Gasteiger partial charge in [0.15, 0.2) is 0 Å². The fraction of sp³-hybridized carbons (Fsp3) is 0.357. The third-order valence-electron chi connectivity index (χ3n) is 7.38. The standard InChI is InChI=1S/C28H27Cl2F3N6O4S/c1-44(42,43)15-14-37-10-12-38(13-11-37)27(41)39-23(18-4-8-20(30)9-5-18)22(17-2-6-19(29)7-3-17)35-24(39)21-16-34-26(28(31,32)33)36-25(21)40/h2-9,16,22-23H,10-15H2,1H3,(H,34,36,40)/t22-,23+/m0/s1. The largest absolute Gasteiger partial charge is 0.493 e. The molecule has 1 N–H and O–H groups in total. The lowest BCUT2D eigenvalue weighted by molar-refractivity contribution is -0.145. The zero-order chi connectivity index (χ0) is 31.8. The molecule has 1 fully saturated rings. The average Bonchev–Trinajstić information content (AvgIpc) is 3.36. The van der Waals surface area contributed by atoms with Crippen LogP contribution in [0.3, 0.4) is 0 Å². The third-order valence-corrected chi connectivity index (χ3v) is 8.81. The van der Waals surface area contributed by atoms with Gasteiger partial charge in [-0.1, -0.05) is 47.5 Å². The van der Waals surface area contributed by atoms with Gasteiger partial charge in [0.2, 0.25) is 11.7 Å². The lowest BCUT2D eigenvalue weighted by atomic mass is 9.94. The first-order valence-corrected chi connectivity index (χ1v) is 16.2. The molecule has 0 spiro atoms. The Bertz CT molecular complexity index is 1670. The Morgan fingerprint density at radius 1 is 0.977 bits per heavy atom. The van der Waals surface area contributed by atoms with Crippen LogP contribution in [0.1, 0.15) is 34.6 Å². The Morgan fingerprint density at radius 2 is 1.55 bits per heavy atom. The van der Waals surface area contributed by atoms with E-state index in [2.05, 4.69) is 9.97 Å². The number of hydrogen-bond acceptors (Lipinski definition) is 8. The molecule has 3 heterocycles. The molecule has 3 aromatic rings. The summed E-state index contributed by atoms with van der Waals surface area (Å²) >= 11 is 12.3. The van der Waals surface area contributed by atoms with Crippen LogP contribution in [0.25, 0.3) is 0 Å². The second kappa shape index (κ2) is 12.5. The van der Waals surface area contributed by atoms with E-state index in [1.54, 1.807) is 53.4 Å². The van der Waals surface area contributed by atoms with E-state index in [1.165, 1.54) is 4.90 Å². The molecule has 0 saturated carbocycles. The van der Waals surface area contributed by atoms with Crippen LogP contribution in [-0.2, 0) is 16.0 Å². The molecule has 2 aliphatic heterocycles. The van der Waals surface area contributed by atoms with E-state index >= 15 is 0 Å². The molecular weight excluding hydrogens is 644 g/mol. The Hall–Kier alpha value is -3.46. The van der Waals surface area contributed by atoms with Gasteiger partial charge in [0.1, 0.15) is 21.7 Å². The minimum absolute atomic E-state index is 0.0154. The molecule has 1 aromatic heterocycles. The molecule has 2 amide bonds. The van der Waals surface area contributed by atoms with Crippen molar-refractivity contribution in [2.75, 3.05) is 44.7 Å². The molecule has 2 aromatic carbocycles. The predicted octanol–water partition coefficient (Wildman–Crippen LogP) is 4.83. The smallest absolute Gasteiger partial charge is 0.451 e. The van der Waals surface area contributed by atoms with Crippen molar-refractivity contribution in [3.63, 3.8) is 0 Å². The maximum Gasteiger partial charge on any atom is 0.451 e. The molecule has 0 aliphatic carbocycles. The van der Waals surface area contributed by atoms with Crippen LogP contribution in [0.4, 0.5) is 18.0 Å². The second-order valence-corrected chi connectivity index (χ2v) is 13.6. The quantitative estimate of drug-likeness (QED) is 0.399. The predicted molar refractivity (Wildman–Crippen MR) is 159 cm³/mol. The average molecular weight is 672 g/mol. The monoisotopic (exact) mass is 670 g/mol. The summed E-state index contributed by atoms with van der Waals surface area (Å²) in [6.45, 7) is 1.63. The van der Waals surface area contributed by atoms with E-state index in [0.717, 1.165) is 12.5 Å². The summed E-state index contributed by atoms with van der Waals surface area (Å²) in [7, 11) is -3.17. The van der Waals surface area contributed by atoms with Gasteiger partial charge in [-0.3, -0.25) is 14.8 Å². The van der Waals surface area contributed by atoms with Crippen molar-refractivity contribution in [3.05, 3.63) is 87.3 Å². The number of carbonyl (C=O) groups excluding carboxylic acids is 1. The molecule has 1 saturated heterocycles. The van der Waals surface area contributed by atoms with E-state index in [9.17, 15) is 31.5 Å². The minimum Gasteiger partial charge on any atom is -0.493 e. The molecule has 0 unspecified atom stereocenters. The van der Waals surface area contributed by atoms with E-state index < -0.39 is 45.8 Å². The van der Waals surface area contributed by atoms with Crippen molar-refractivity contribution in [2.45, 2.75) is 18.3 Å². The molecule has 10 nitrogen and oxygen atoms in total. The van der Waals surface area contributed by atoms with E-state index in [4.69, 9.17) is 28.2 Å². The number of benzene rings is 2. The highest BCUT2D eigenvalue weighted by molar-refractivity contribution is 7.90. The number of amidine groups is 1. The maximum absolute atomic E-state index is 14.3. The van der Waals surface area contributed by atoms with Crippen LogP contribution < -0.4 is 0 Å². The Balaban J connectivity index is 1.57. The van der Waals surface area contributed by atoms with Crippen molar-refractivity contribution in [3.8, 4) is 5.88 Å². The molecule has 234 valence electrons. The highest BCUT2D eigenvalue weighted by Gasteiger charge is 2.45. The minimum atomic E-state index is -4.91. The number of amides is 2. The van der Waals surface area contributed by atoms with Gasteiger partial charge in [-0.05, 0) is 35.4 Å². The van der Waals surface area contributed by atoms with Crippen LogP contribution in [-0.4, -0.2) is 94.8 Å². The Morgan fingerprint density at radius 3 is 2.07 bits per heavy atom. The first-order valence-electron chi connectivity index (χ1n) is 13.4. The normalized spacial score (nSPS) is 19.7. The van der Waals surface area contributed by atoms with E-state index in [0.29, 0.717) is 40.8 Å². The number of aromatic hydroxyl groups is 1. The number of halogens is 5. The second-order valence-electron chi connectivity index (χ2n) is 10.5. The SMILES string of the molecule is CS(=O)(=O)CCN1CCN(C(=O)N2C(c3cnc(C(F)(F)F)nc3O)=N[C@@H](c3ccc(Cl)cc3)[C@H]2c2ccc(Cl)cc2)CC1.